The molecule has 3 heterocycles. The highest BCUT2D eigenvalue weighted by Gasteiger charge is 2.46. The molecule has 0 fully saturated rings. The number of ketones is 1. The van der Waals surface area contributed by atoms with Gasteiger partial charge in [0.2, 0.25) is 5.78 Å². The Hall–Kier alpha value is -3.32. The van der Waals surface area contributed by atoms with Gasteiger partial charge in [0.15, 0.2) is 5.76 Å². The number of thiazole rings is 1. The summed E-state index contributed by atoms with van der Waals surface area (Å²) < 4.78 is 0. The lowest BCUT2D eigenvalue weighted by atomic mass is 9.98. The number of hydrogen-bond acceptors (Lipinski definition) is 6. The summed E-state index contributed by atoms with van der Waals surface area (Å²) in [7, 11) is 0. The second-order valence-corrected chi connectivity index (χ2v) is 8.62. The minimum absolute atomic E-state index is 0.0320. The maximum atomic E-state index is 13.5. The fourth-order valence-electron chi connectivity index (χ4n) is 3.88. The summed E-state index contributed by atoms with van der Waals surface area (Å²) in [6.45, 7) is 7.45. The van der Waals surface area contributed by atoms with Crippen LogP contribution < -0.4 is 4.90 Å². The van der Waals surface area contributed by atoms with Crippen molar-refractivity contribution in [3.63, 3.8) is 0 Å². The number of rotatable bonds is 4. The summed E-state index contributed by atoms with van der Waals surface area (Å²) in [6, 6.07) is 10.2. The Kier molecular flexibility index (Phi) is 4.99. The summed E-state index contributed by atoms with van der Waals surface area (Å²) >= 11 is 1.26. The van der Waals surface area contributed by atoms with Crippen LogP contribution in [0.15, 0.2) is 53.9 Å². The highest BCUT2D eigenvalue weighted by molar-refractivity contribution is 7.14. The molecule has 30 heavy (non-hydrogen) atoms. The van der Waals surface area contributed by atoms with Crippen molar-refractivity contribution in [2.45, 2.75) is 33.7 Å². The first-order valence-electron chi connectivity index (χ1n) is 9.52. The van der Waals surface area contributed by atoms with Crippen molar-refractivity contribution in [2.75, 3.05) is 4.90 Å². The van der Waals surface area contributed by atoms with Crippen molar-refractivity contribution >= 4 is 28.7 Å². The predicted molar refractivity (Wildman–Crippen MR) is 116 cm³/mol. The first-order chi connectivity index (χ1) is 14.3. The zero-order chi connectivity index (χ0) is 21.6. The summed E-state index contributed by atoms with van der Waals surface area (Å²) in [6.07, 6.45) is 1.61. The number of pyridine rings is 1. The molecule has 0 spiro atoms. The maximum Gasteiger partial charge on any atom is 0.294 e. The zero-order valence-corrected chi connectivity index (χ0v) is 17.9. The lowest BCUT2D eigenvalue weighted by molar-refractivity contribution is -0.117. The smallest absolute Gasteiger partial charge is 0.294 e. The van der Waals surface area contributed by atoms with Gasteiger partial charge in [-0.1, -0.05) is 12.1 Å². The number of hydrogen-bond donors (Lipinski definition) is 1. The minimum Gasteiger partial charge on any atom is -0.503 e. The Morgan fingerprint density at radius 2 is 1.80 bits per heavy atom. The molecule has 4 rings (SSSR count). The third-order valence-electron chi connectivity index (χ3n) is 5.02. The number of aliphatic hydroxyl groups is 1. The van der Waals surface area contributed by atoms with Crippen molar-refractivity contribution in [1.82, 2.24) is 9.97 Å². The van der Waals surface area contributed by atoms with Crippen LogP contribution in [0.2, 0.25) is 0 Å². The molecule has 7 heteroatoms. The molecule has 2 aromatic heterocycles. The van der Waals surface area contributed by atoms with Crippen LogP contribution in [0.5, 0.6) is 0 Å². The Labute approximate surface area is 178 Å². The summed E-state index contributed by atoms with van der Waals surface area (Å²) in [5, 5.41) is 11.6. The van der Waals surface area contributed by atoms with Crippen LogP contribution >= 0.6 is 11.3 Å². The van der Waals surface area contributed by atoms with Crippen LogP contribution in [0.3, 0.4) is 0 Å². The second-order valence-electron chi connectivity index (χ2n) is 7.42. The third-order valence-corrected chi connectivity index (χ3v) is 6.09. The molecule has 1 aromatic carbocycles. The van der Waals surface area contributed by atoms with Gasteiger partial charge in [-0.2, -0.15) is 0 Å². The van der Waals surface area contributed by atoms with Crippen molar-refractivity contribution in [2.24, 2.45) is 0 Å². The van der Waals surface area contributed by atoms with Gasteiger partial charge in [-0.3, -0.25) is 19.5 Å². The maximum absolute atomic E-state index is 13.5. The van der Waals surface area contributed by atoms with Crippen molar-refractivity contribution in [1.29, 1.82) is 0 Å². The Bertz CT molecular complexity index is 1180. The van der Waals surface area contributed by atoms with E-state index in [0.29, 0.717) is 22.0 Å². The first-order valence-corrected chi connectivity index (χ1v) is 10.3. The van der Waals surface area contributed by atoms with Gasteiger partial charge in [0.25, 0.3) is 5.91 Å². The van der Waals surface area contributed by atoms with E-state index >= 15 is 0 Å². The lowest BCUT2D eigenvalue weighted by Crippen LogP contribution is -2.31. The van der Waals surface area contributed by atoms with E-state index in [1.165, 1.54) is 16.2 Å². The van der Waals surface area contributed by atoms with Crippen molar-refractivity contribution < 1.29 is 14.7 Å². The van der Waals surface area contributed by atoms with Crippen molar-refractivity contribution in [3.05, 3.63) is 86.3 Å². The fourth-order valence-corrected chi connectivity index (χ4v) is 4.75. The summed E-state index contributed by atoms with van der Waals surface area (Å²) in [5.74, 6) is -1.55. The zero-order valence-electron chi connectivity index (χ0n) is 17.1. The molecule has 1 unspecified atom stereocenters. The number of aryl methyl sites for hydroxylation is 4. The predicted octanol–water partition coefficient (Wildman–Crippen LogP) is 4.55. The normalized spacial score (nSPS) is 16.5. The number of carbonyl (C=O) groups excluding carboxylic acids is 2. The van der Waals surface area contributed by atoms with Crippen LogP contribution in [0.1, 0.15) is 43.2 Å². The van der Waals surface area contributed by atoms with E-state index < -0.39 is 23.5 Å². The SMILES string of the molecule is Cc1cc(C)cc(N2C(=O)C(O)=C(C(=O)c3sc(C)nc3C)C2c2ccccn2)c1. The average Bonchev–Trinajstić information content (AvgIpc) is 3.17. The highest BCUT2D eigenvalue weighted by Crippen LogP contribution is 2.42. The van der Waals surface area contributed by atoms with E-state index in [-0.39, 0.29) is 5.57 Å². The molecule has 0 radical (unpaired) electrons. The van der Waals surface area contributed by atoms with E-state index in [1.807, 2.05) is 39.0 Å². The molecule has 0 aliphatic carbocycles. The second kappa shape index (κ2) is 7.50. The van der Waals surface area contributed by atoms with E-state index in [9.17, 15) is 14.7 Å². The molecule has 0 saturated carbocycles. The largest absolute Gasteiger partial charge is 0.503 e. The van der Waals surface area contributed by atoms with Crippen LogP contribution in [-0.4, -0.2) is 26.8 Å². The van der Waals surface area contributed by atoms with E-state index in [4.69, 9.17) is 0 Å². The van der Waals surface area contributed by atoms with E-state index in [0.717, 1.165) is 16.1 Å². The molecule has 152 valence electrons. The molecular weight excluding hydrogens is 398 g/mol. The van der Waals surface area contributed by atoms with Gasteiger partial charge in [-0.15, -0.1) is 11.3 Å². The number of aromatic nitrogens is 2. The van der Waals surface area contributed by atoms with Crippen molar-refractivity contribution in [3.8, 4) is 0 Å². The van der Waals surface area contributed by atoms with Crippen LogP contribution in [-0.2, 0) is 4.79 Å². The van der Waals surface area contributed by atoms with Gasteiger partial charge in [-0.05, 0) is 63.1 Å². The van der Waals surface area contributed by atoms with Crippen LogP contribution in [0.4, 0.5) is 5.69 Å². The number of nitrogens with zero attached hydrogens (tertiary/aromatic N) is 3. The quantitative estimate of drug-likeness (QED) is 0.627. The van der Waals surface area contributed by atoms with Crippen LogP contribution in [0, 0.1) is 27.7 Å². The molecule has 6 nitrogen and oxygen atoms in total. The number of Topliss-reactive ketones (excluding diaryl/α,β-unsaturated/α-hetero) is 1. The molecular formula is C23H21N3O3S. The van der Waals surface area contributed by atoms with Gasteiger partial charge in [0.05, 0.1) is 26.8 Å². The molecule has 1 aliphatic heterocycles. The van der Waals surface area contributed by atoms with E-state index in [1.54, 1.807) is 31.3 Å². The molecule has 0 saturated heterocycles. The fraction of sp³-hybridized carbons (Fsp3) is 0.217. The summed E-state index contributed by atoms with van der Waals surface area (Å²) in [4.78, 5) is 37.3. The van der Waals surface area contributed by atoms with Gasteiger partial charge in [-0.25, -0.2) is 4.98 Å². The molecule has 1 atom stereocenters. The number of aliphatic hydroxyl groups excluding tert-OH is 1. The highest BCUT2D eigenvalue weighted by atomic mass is 32.1. The minimum atomic E-state index is -0.825. The first kappa shape index (κ1) is 20.0. The Morgan fingerprint density at radius 1 is 1.10 bits per heavy atom. The van der Waals surface area contributed by atoms with Crippen LogP contribution in [0.25, 0.3) is 0 Å². The molecule has 1 aliphatic rings. The number of anilines is 1. The standard InChI is InChI=1S/C23H21N3O3S/c1-12-9-13(2)11-16(10-12)26-19(17-7-5-6-8-24-17)18(21(28)23(26)29)20(27)22-14(3)25-15(4)30-22/h5-11,19,28H,1-4H3. The lowest BCUT2D eigenvalue weighted by Gasteiger charge is -2.26. The van der Waals surface area contributed by atoms with Gasteiger partial charge < -0.3 is 5.11 Å². The average molecular weight is 420 g/mol. The molecule has 0 bridgehead atoms. The number of amides is 1. The number of benzene rings is 1. The Balaban J connectivity index is 1.91. The Morgan fingerprint density at radius 3 is 2.37 bits per heavy atom. The topological polar surface area (TPSA) is 83.4 Å². The molecule has 1 N–H and O–H groups in total. The van der Waals surface area contributed by atoms with Gasteiger partial charge in [0, 0.05) is 11.9 Å². The van der Waals surface area contributed by atoms with E-state index in [2.05, 4.69) is 9.97 Å². The number of carbonyl (C=O) groups is 2. The molecule has 3 aromatic rings. The van der Waals surface area contributed by atoms with Gasteiger partial charge >= 0.3 is 0 Å². The molecule has 1 amide bonds. The monoisotopic (exact) mass is 419 g/mol. The summed E-state index contributed by atoms with van der Waals surface area (Å²) in [5.41, 5.74) is 3.69. The van der Waals surface area contributed by atoms with Gasteiger partial charge in [0.1, 0.15) is 6.04 Å². The third kappa shape index (κ3) is 3.31.